The van der Waals surface area contributed by atoms with Crippen molar-refractivity contribution >= 4 is 17.3 Å². The van der Waals surface area contributed by atoms with E-state index in [4.69, 9.17) is 9.47 Å². The lowest BCUT2D eigenvalue weighted by Crippen LogP contribution is -2.19. The zero-order valence-corrected chi connectivity index (χ0v) is 15.2. The first kappa shape index (κ1) is 17.7. The molecule has 0 radical (unpaired) electrons. The summed E-state index contributed by atoms with van der Waals surface area (Å²) in [6.45, 7) is 4.76. The topological polar surface area (TPSA) is 112 Å². The van der Waals surface area contributed by atoms with Crippen LogP contribution in [0.1, 0.15) is 19.4 Å². The Labute approximate surface area is 160 Å². The number of nitrogens with zero attached hydrogens (tertiary/aromatic N) is 4. The number of anilines is 2. The Morgan fingerprint density at radius 1 is 1.18 bits per heavy atom. The van der Waals surface area contributed by atoms with E-state index in [1.807, 2.05) is 18.2 Å². The largest absolute Gasteiger partial charge is 0.492 e. The molecule has 1 aliphatic rings. The summed E-state index contributed by atoms with van der Waals surface area (Å²) in [7, 11) is 0. The molecule has 0 fully saturated rings. The van der Waals surface area contributed by atoms with Crippen LogP contribution in [0.2, 0.25) is 0 Å². The molecule has 142 valence electrons. The molecule has 9 nitrogen and oxygen atoms in total. The highest BCUT2D eigenvalue weighted by Crippen LogP contribution is 2.45. The molecule has 0 spiro atoms. The molecule has 0 aliphatic carbocycles. The van der Waals surface area contributed by atoms with Crippen molar-refractivity contribution in [3.63, 3.8) is 0 Å². The van der Waals surface area contributed by atoms with E-state index in [0.29, 0.717) is 24.1 Å². The SMILES string of the molecule is CC1(C)COc2cccc(Oc3cnc(Nc4ncccc4[N+](=O)[O-])cn3)c21. The van der Waals surface area contributed by atoms with Gasteiger partial charge in [0.1, 0.15) is 11.5 Å². The summed E-state index contributed by atoms with van der Waals surface area (Å²) in [5.41, 5.74) is 0.675. The normalized spacial score (nSPS) is 14.1. The van der Waals surface area contributed by atoms with Crippen LogP contribution < -0.4 is 14.8 Å². The molecular formula is C19H17N5O4. The molecule has 0 amide bonds. The number of nitro groups is 1. The van der Waals surface area contributed by atoms with E-state index in [-0.39, 0.29) is 16.9 Å². The smallest absolute Gasteiger partial charge is 0.311 e. The van der Waals surface area contributed by atoms with Gasteiger partial charge in [-0.05, 0) is 18.2 Å². The molecule has 3 aromatic rings. The summed E-state index contributed by atoms with van der Waals surface area (Å²) < 4.78 is 11.6. The van der Waals surface area contributed by atoms with Crippen molar-refractivity contribution in [3.8, 4) is 17.4 Å². The van der Waals surface area contributed by atoms with Crippen LogP contribution in [-0.2, 0) is 5.41 Å². The lowest BCUT2D eigenvalue weighted by atomic mass is 9.86. The van der Waals surface area contributed by atoms with E-state index in [1.54, 1.807) is 0 Å². The molecule has 9 heteroatoms. The molecule has 0 unspecified atom stereocenters. The van der Waals surface area contributed by atoms with Crippen LogP contribution in [0, 0.1) is 10.1 Å². The lowest BCUT2D eigenvalue weighted by molar-refractivity contribution is -0.384. The monoisotopic (exact) mass is 379 g/mol. The maximum Gasteiger partial charge on any atom is 0.311 e. The van der Waals surface area contributed by atoms with Gasteiger partial charge in [-0.25, -0.2) is 15.0 Å². The first-order valence-electron chi connectivity index (χ1n) is 8.57. The Balaban J connectivity index is 1.55. The van der Waals surface area contributed by atoms with Gasteiger partial charge in [0, 0.05) is 23.2 Å². The van der Waals surface area contributed by atoms with Gasteiger partial charge in [-0.15, -0.1) is 0 Å². The summed E-state index contributed by atoms with van der Waals surface area (Å²) in [6, 6.07) is 8.49. The van der Waals surface area contributed by atoms with Gasteiger partial charge in [0.2, 0.25) is 11.7 Å². The minimum atomic E-state index is -0.514. The van der Waals surface area contributed by atoms with E-state index in [9.17, 15) is 10.1 Å². The van der Waals surface area contributed by atoms with Crippen molar-refractivity contribution in [1.29, 1.82) is 0 Å². The van der Waals surface area contributed by atoms with Crippen LogP contribution in [0.5, 0.6) is 17.4 Å². The Morgan fingerprint density at radius 3 is 2.79 bits per heavy atom. The number of fused-ring (bicyclic) bond motifs is 1. The van der Waals surface area contributed by atoms with Crippen molar-refractivity contribution in [3.05, 3.63) is 64.6 Å². The predicted octanol–water partition coefficient (Wildman–Crippen LogP) is 3.99. The molecule has 0 saturated heterocycles. The first-order chi connectivity index (χ1) is 13.4. The van der Waals surface area contributed by atoms with Crippen LogP contribution in [0.4, 0.5) is 17.3 Å². The minimum absolute atomic E-state index is 0.0928. The zero-order chi connectivity index (χ0) is 19.7. The van der Waals surface area contributed by atoms with Gasteiger partial charge in [0.05, 0.1) is 23.9 Å². The highest BCUT2D eigenvalue weighted by molar-refractivity contribution is 5.62. The highest BCUT2D eigenvalue weighted by Gasteiger charge is 2.35. The van der Waals surface area contributed by atoms with Crippen molar-refractivity contribution < 1.29 is 14.4 Å². The van der Waals surface area contributed by atoms with Crippen molar-refractivity contribution in [2.45, 2.75) is 19.3 Å². The molecule has 3 heterocycles. The number of hydrogen-bond donors (Lipinski definition) is 1. The third-order valence-corrected chi connectivity index (χ3v) is 4.33. The number of ether oxygens (including phenoxy) is 2. The van der Waals surface area contributed by atoms with Crippen molar-refractivity contribution in [2.75, 3.05) is 11.9 Å². The molecule has 0 bridgehead atoms. The Morgan fingerprint density at radius 2 is 2.04 bits per heavy atom. The summed E-state index contributed by atoms with van der Waals surface area (Å²) in [5, 5.41) is 13.9. The second-order valence-corrected chi connectivity index (χ2v) is 6.90. The number of hydrogen-bond acceptors (Lipinski definition) is 8. The standard InChI is InChI=1S/C19H17N5O4/c1-19(2)11-27-13-6-3-7-14(17(13)19)28-16-10-21-15(9-22-16)23-18-12(24(25)26)5-4-8-20-18/h3-10H,11H2,1-2H3,(H,20,21,23). The van der Waals surface area contributed by atoms with E-state index < -0.39 is 4.92 Å². The number of nitrogens with one attached hydrogen (secondary N) is 1. The molecule has 1 aromatic carbocycles. The van der Waals surface area contributed by atoms with Crippen LogP contribution in [0.3, 0.4) is 0 Å². The quantitative estimate of drug-likeness (QED) is 0.523. The number of benzene rings is 1. The van der Waals surface area contributed by atoms with E-state index >= 15 is 0 Å². The Kier molecular flexibility index (Phi) is 4.26. The van der Waals surface area contributed by atoms with E-state index in [1.165, 1.54) is 30.7 Å². The average molecular weight is 379 g/mol. The maximum absolute atomic E-state index is 11.1. The number of aromatic nitrogens is 3. The van der Waals surface area contributed by atoms with Gasteiger partial charge in [-0.2, -0.15) is 0 Å². The fourth-order valence-corrected chi connectivity index (χ4v) is 3.02. The van der Waals surface area contributed by atoms with Crippen molar-refractivity contribution in [1.82, 2.24) is 15.0 Å². The number of pyridine rings is 1. The molecule has 4 rings (SSSR count). The summed E-state index contributed by atoms with van der Waals surface area (Å²) in [5.74, 6) is 2.18. The van der Waals surface area contributed by atoms with Crippen LogP contribution >= 0.6 is 0 Å². The first-order valence-corrected chi connectivity index (χ1v) is 8.57. The van der Waals surface area contributed by atoms with Gasteiger partial charge in [0.15, 0.2) is 5.82 Å². The minimum Gasteiger partial charge on any atom is -0.492 e. The Bertz CT molecular complexity index is 1040. The van der Waals surface area contributed by atoms with Gasteiger partial charge >= 0.3 is 5.69 Å². The van der Waals surface area contributed by atoms with Gasteiger partial charge in [-0.1, -0.05) is 19.9 Å². The van der Waals surface area contributed by atoms with Crippen LogP contribution in [-0.4, -0.2) is 26.5 Å². The molecule has 28 heavy (non-hydrogen) atoms. The van der Waals surface area contributed by atoms with Gasteiger partial charge < -0.3 is 14.8 Å². The second-order valence-electron chi connectivity index (χ2n) is 6.90. The summed E-state index contributed by atoms with van der Waals surface area (Å²) >= 11 is 0. The lowest BCUT2D eigenvalue weighted by Gasteiger charge is -2.18. The predicted molar refractivity (Wildman–Crippen MR) is 101 cm³/mol. The van der Waals surface area contributed by atoms with Gasteiger partial charge in [-0.3, -0.25) is 10.1 Å². The third kappa shape index (κ3) is 3.29. The average Bonchev–Trinajstić information content (AvgIpc) is 2.99. The second kappa shape index (κ2) is 6.76. The molecule has 0 saturated carbocycles. The fourth-order valence-electron chi connectivity index (χ4n) is 3.02. The molecule has 1 aliphatic heterocycles. The Hall–Kier alpha value is -3.75. The van der Waals surface area contributed by atoms with Crippen LogP contribution in [0.15, 0.2) is 48.9 Å². The van der Waals surface area contributed by atoms with E-state index in [2.05, 4.69) is 34.1 Å². The third-order valence-electron chi connectivity index (χ3n) is 4.33. The molecule has 0 atom stereocenters. The summed E-state index contributed by atoms with van der Waals surface area (Å²) in [4.78, 5) is 23.0. The fraction of sp³-hybridized carbons (Fsp3) is 0.211. The molecule has 2 aromatic heterocycles. The molecular weight excluding hydrogens is 362 g/mol. The molecule has 1 N–H and O–H groups in total. The van der Waals surface area contributed by atoms with Crippen molar-refractivity contribution in [2.24, 2.45) is 0 Å². The van der Waals surface area contributed by atoms with Crippen LogP contribution in [0.25, 0.3) is 0 Å². The highest BCUT2D eigenvalue weighted by atomic mass is 16.6. The zero-order valence-electron chi connectivity index (χ0n) is 15.2. The maximum atomic E-state index is 11.1. The number of rotatable bonds is 5. The van der Waals surface area contributed by atoms with E-state index in [0.717, 1.165) is 11.3 Å². The van der Waals surface area contributed by atoms with Gasteiger partial charge in [0.25, 0.3) is 0 Å². The summed E-state index contributed by atoms with van der Waals surface area (Å²) in [6.07, 6.45) is 4.33.